The van der Waals surface area contributed by atoms with E-state index in [9.17, 15) is 5.11 Å². The molecule has 0 radical (unpaired) electrons. The van der Waals surface area contributed by atoms with Crippen LogP contribution in [0.25, 0.3) is 0 Å². The second-order valence-electron chi connectivity index (χ2n) is 7.91. The molecule has 4 rings (SSSR count). The Kier molecular flexibility index (Phi) is 5.45. The molecule has 1 saturated carbocycles. The fraction of sp³-hybridized carbons (Fsp3) is 0.571. The van der Waals surface area contributed by atoms with E-state index in [1.54, 1.807) is 20.3 Å². The van der Waals surface area contributed by atoms with E-state index >= 15 is 0 Å². The summed E-state index contributed by atoms with van der Waals surface area (Å²) in [7, 11) is 3.16. The van der Waals surface area contributed by atoms with Crippen molar-refractivity contribution in [2.24, 2.45) is 11.8 Å². The van der Waals surface area contributed by atoms with E-state index in [1.165, 1.54) is 0 Å². The Labute approximate surface area is 170 Å². The summed E-state index contributed by atoms with van der Waals surface area (Å²) >= 11 is 0. The average Bonchev–Trinajstić information content (AvgIpc) is 3.12. The monoisotopic (exact) mass is 400 g/mol. The lowest BCUT2D eigenvalue weighted by atomic mass is 9.78. The molecule has 2 fully saturated rings. The molecule has 0 amide bonds. The van der Waals surface area contributed by atoms with E-state index in [-0.39, 0.29) is 6.10 Å². The summed E-state index contributed by atoms with van der Waals surface area (Å²) in [5.74, 6) is 3.08. The molecule has 2 aromatic heterocycles. The molecule has 29 heavy (non-hydrogen) atoms. The first-order valence-electron chi connectivity index (χ1n) is 9.97. The predicted octanol–water partition coefficient (Wildman–Crippen LogP) is 2.16. The number of ether oxygens (including phenoxy) is 3. The van der Waals surface area contributed by atoms with Crippen LogP contribution in [-0.2, 0) is 0 Å². The zero-order valence-electron chi connectivity index (χ0n) is 17.3. The Balaban J connectivity index is 1.47. The highest BCUT2D eigenvalue weighted by Gasteiger charge is 2.43. The van der Waals surface area contributed by atoms with Crippen molar-refractivity contribution >= 4 is 5.95 Å². The fourth-order valence-corrected chi connectivity index (χ4v) is 4.38. The largest absolute Gasteiger partial charge is 0.486 e. The van der Waals surface area contributed by atoms with E-state index in [0.717, 1.165) is 36.6 Å². The SMILES string of the molecule is COc1cc(OC)nc(N2C[C@H]3C[C@@H](Oc4ccc(C)nc4C)[C@H](O)C[C@H]3C2)n1. The second kappa shape index (κ2) is 8.02. The molecule has 1 saturated heterocycles. The third-order valence-electron chi connectivity index (χ3n) is 5.91. The van der Waals surface area contributed by atoms with Gasteiger partial charge in [0, 0.05) is 18.8 Å². The van der Waals surface area contributed by atoms with Gasteiger partial charge in [0.25, 0.3) is 0 Å². The number of aliphatic hydroxyl groups is 1. The van der Waals surface area contributed by atoms with Gasteiger partial charge in [-0.25, -0.2) is 0 Å². The van der Waals surface area contributed by atoms with Crippen molar-refractivity contribution in [1.29, 1.82) is 0 Å². The smallest absolute Gasteiger partial charge is 0.231 e. The number of aromatic nitrogens is 3. The fourth-order valence-electron chi connectivity index (χ4n) is 4.38. The van der Waals surface area contributed by atoms with E-state index in [2.05, 4.69) is 19.9 Å². The first-order chi connectivity index (χ1) is 14.0. The average molecular weight is 400 g/mol. The van der Waals surface area contributed by atoms with Gasteiger partial charge in [-0.1, -0.05) is 0 Å². The number of aryl methyl sites for hydroxylation is 2. The van der Waals surface area contributed by atoms with Gasteiger partial charge in [-0.15, -0.1) is 0 Å². The first kappa shape index (κ1) is 19.7. The minimum Gasteiger partial charge on any atom is -0.486 e. The van der Waals surface area contributed by atoms with Crippen LogP contribution in [-0.4, -0.2) is 59.6 Å². The van der Waals surface area contributed by atoms with E-state index in [0.29, 0.717) is 36.0 Å². The number of pyridine rings is 1. The van der Waals surface area contributed by atoms with Gasteiger partial charge in [0.1, 0.15) is 11.9 Å². The summed E-state index contributed by atoms with van der Waals surface area (Å²) in [6, 6.07) is 5.54. The van der Waals surface area contributed by atoms with Crippen LogP contribution in [0.1, 0.15) is 24.2 Å². The number of aliphatic hydroxyl groups excluding tert-OH is 1. The zero-order chi connectivity index (χ0) is 20.5. The number of methoxy groups -OCH3 is 2. The zero-order valence-corrected chi connectivity index (χ0v) is 17.3. The van der Waals surface area contributed by atoms with Gasteiger partial charge in [0.15, 0.2) is 0 Å². The summed E-state index contributed by atoms with van der Waals surface area (Å²) < 4.78 is 16.7. The first-order valence-corrected chi connectivity index (χ1v) is 9.97. The highest BCUT2D eigenvalue weighted by molar-refractivity contribution is 5.38. The van der Waals surface area contributed by atoms with Crippen LogP contribution in [0, 0.1) is 25.7 Å². The molecule has 3 heterocycles. The topological polar surface area (TPSA) is 89.8 Å². The van der Waals surface area contributed by atoms with Crippen LogP contribution in [0.4, 0.5) is 5.95 Å². The predicted molar refractivity (Wildman–Crippen MR) is 108 cm³/mol. The van der Waals surface area contributed by atoms with E-state index in [4.69, 9.17) is 14.2 Å². The van der Waals surface area contributed by atoms with Crippen molar-refractivity contribution in [3.8, 4) is 17.5 Å². The van der Waals surface area contributed by atoms with Gasteiger partial charge in [-0.3, -0.25) is 4.98 Å². The van der Waals surface area contributed by atoms with Crippen LogP contribution in [0.2, 0.25) is 0 Å². The third kappa shape index (κ3) is 4.07. The second-order valence-corrected chi connectivity index (χ2v) is 7.91. The summed E-state index contributed by atoms with van der Waals surface area (Å²) in [5.41, 5.74) is 1.81. The number of anilines is 1. The number of hydrogen-bond donors (Lipinski definition) is 1. The lowest BCUT2D eigenvalue weighted by Gasteiger charge is -2.35. The number of nitrogens with zero attached hydrogens (tertiary/aromatic N) is 4. The Morgan fingerprint density at radius 1 is 0.966 bits per heavy atom. The van der Waals surface area contributed by atoms with Crippen molar-refractivity contribution in [2.75, 3.05) is 32.2 Å². The highest BCUT2D eigenvalue weighted by Crippen LogP contribution is 2.39. The maximum absolute atomic E-state index is 10.7. The Hall–Kier alpha value is -2.61. The quantitative estimate of drug-likeness (QED) is 0.817. The van der Waals surface area contributed by atoms with Gasteiger partial charge in [-0.2, -0.15) is 9.97 Å². The maximum atomic E-state index is 10.7. The molecule has 0 spiro atoms. The summed E-state index contributed by atoms with van der Waals surface area (Å²) in [5, 5.41) is 10.7. The standard InChI is InChI=1S/C21H28N4O4/c1-12-5-6-17(13(2)22-12)29-18-8-15-11-25(10-14(15)7-16(18)26)21-23-19(27-3)9-20(24-21)28-4/h5-6,9,14-16,18,26H,7-8,10-11H2,1-4H3/t14-,15+,16+,18+/m0/s1. The number of hydrogen-bond acceptors (Lipinski definition) is 8. The van der Waals surface area contributed by atoms with Crippen LogP contribution >= 0.6 is 0 Å². The molecule has 156 valence electrons. The highest BCUT2D eigenvalue weighted by atomic mass is 16.5. The molecule has 8 heteroatoms. The third-order valence-corrected chi connectivity index (χ3v) is 5.91. The van der Waals surface area contributed by atoms with Gasteiger partial charge >= 0.3 is 0 Å². The molecule has 0 aromatic carbocycles. The minimum absolute atomic E-state index is 0.236. The molecule has 4 atom stereocenters. The number of rotatable bonds is 5. The Bertz CT molecular complexity index is 856. The minimum atomic E-state index is -0.502. The van der Waals surface area contributed by atoms with Gasteiger partial charge in [0.2, 0.25) is 17.7 Å². The summed E-state index contributed by atoms with van der Waals surface area (Å²) in [6.45, 7) is 5.51. The normalized spacial score (nSPS) is 26.2. The molecule has 2 aromatic rings. The molecular formula is C21H28N4O4. The Morgan fingerprint density at radius 2 is 1.62 bits per heavy atom. The van der Waals surface area contributed by atoms with Crippen LogP contribution in [0.5, 0.6) is 17.5 Å². The molecule has 2 aliphatic rings. The maximum Gasteiger partial charge on any atom is 0.231 e. The molecule has 0 unspecified atom stereocenters. The van der Waals surface area contributed by atoms with Crippen molar-refractivity contribution in [2.45, 2.75) is 38.9 Å². The van der Waals surface area contributed by atoms with Gasteiger partial charge < -0.3 is 24.2 Å². The van der Waals surface area contributed by atoms with Gasteiger partial charge in [0.05, 0.1) is 32.1 Å². The molecule has 1 aliphatic heterocycles. The summed E-state index contributed by atoms with van der Waals surface area (Å²) in [4.78, 5) is 15.6. The lowest BCUT2D eigenvalue weighted by Crippen LogP contribution is -2.42. The lowest BCUT2D eigenvalue weighted by molar-refractivity contribution is -0.0236. The van der Waals surface area contributed by atoms with Gasteiger partial charge in [-0.05, 0) is 50.7 Å². The molecule has 1 N–H and O–H groups in total. The summed E-state index contributed by atoms with van der Waals surface area (Å²) in [6.07, 6.45) is 0.750. The Morgan fingerprint density at radius 3 is 2.24 bits per heavy atom. The van der Waals surface area contributed by atoms with E-state index < -0.39 is 6.10 Å². The van der Waals surface area contributed by atoms with Crippen LogP contribution < -0.4 is 19.1 Å². The van der Waals surface area contributed by atoms with Crippen LogP contribution in [0.3, 0.4) is 0 Å². The van der Waals surface area contributed by atoms with Crippen LogP contribution in [0.15, 0.2) is 18.2 Å². The van der Waals surface area contributed by atoms with Crippen molar-refractivity contribution in [3.05, 3.63) is 29.6 Å². The number of fused-ring (bicyclic) bond motifs is 1. The van der Waals surface area contributed by atoms with E-state index in [1.807, 2.05) is 26.0 Å². The molecular weight excluding hydrogens is 372 g/mol. The molecule has 0 bridgehead atoms. The van der Waals surface area contributed by atoms with Crippen molar-refractivity contribution in [3.63, 3.8) is 0 Å². The van der Waals surface area contributed by atoms with Crippen molar-refractivity contribution in [1.82, 2.24) is 15.0 Å². The van der Waals surface area contributed by atoms with Crippen molar-refractivity contribution < 1.29 is 19.3 Å². The molecule has 8 nitrogen and oxygen atoms in total. The molecule has 1 aliphatic carbocycles.